The molecule has 5 heteroatoms. The van der Waals surface area contributed by atoms with Crippen LogP contribution in [0.25, 0.3) is 0 Å². The SMILES string of the molecule is COc1nc2c(cc1C(=O)Nc1ccc(C(C)(C)C(C)=O)cc1)CCCCC2. The fourth-order valence-corrected chi connectivity index (χ4v) is 3.48. The third kappa shape index (κ3) is 4.08. The first kappa shape index (κ1) is 20.1. The number of nitrogens with zero attached hydrogens (tertiary/aromatic N) is 1. The van der Waals surface area contributed by atoms with Crippen molar-refractivity contribution in [1.29, 1.82) is 0 Å². The molecule has 0 radical (unpaired) electrons. The number of fused-ring (bicyclic) bond motifs is 1. The van der Waals surface area contributed by atoms with Crippen molar-refractivity contribution in [3.63, 3.8) is 0 Å². The Balaban J connectivity index is 1.83. The number of aromatic nitrogens is 1. The molecule has 2 aromatic rings. The van der Waals surface area contributed by atoms with Crippen LogP contribution in [0.1, 0.15) is 67.2 Å². The second-order valence-corrected chi connectivity index (χ2v) is 7.92. The number of nitrogens with one attached hydrogen (secondary N) is 1. The topological polar surface area (TPSA) is 68.3 Å². The van der Waals surface area contributed by atoms with Crippen LogP contribution in [0.2, 0.25) is 0 Å². The summed E-state index contributed by atoms with van der Waals surface area (Å²) >= 11 is 0. The molecular formula is C23H28N2O3. The molecule has 0 fully saturated rings. The maximum absolute atomic E-state index is 12.9. The van der Waals surface area contributed by atoms with Crippen molar-refractivity contribution in [2.45, 2.75) is 58.3 Å². The van der Waals surface area contributed by atoms with Crippen LogP contribution in [-0.4, -0.2) is 23.8 Å². The van der Waals surface area contributed by atoms with E-state index >= 15 is 0 Å². The number of methoxy groups -OCH3 is 1. The molecule has 1 aromatic heterocycles. The number of pyridine rings is 1. The molecule has 0 spiro atoms. The van der Waals surface area contributed by atoms with Crippen LogP contribution in [-0.2, 0) is 23.1 Å². The fraction of sp³-hybridized carbons (Fsp3) is 0.435. The maximum Gasteiger partial charge on any atom is 0.261 e. The zero-order valence-electron chi connectivity index (χ0n) is 17.1. The van der Waals surface area contributed by atoms with E-state index in [9.17, 15) is 9.59 Å². The van der Waals surface area contributed by atoms with Gasteiger partial charge < -0.3 is 10.1 Å². The first-order chi connectivity index (χ1) is 13.3. The lowest BCUT2D eigenvalue weighted by Crippen LogP contribution is -2.26. The van der Waals surface area contributed by atoms with E-state index in [0.717, 1.165) is 42.5 Å². The van der Waals surface area contributed by atoms with Gasteiger partial charge in [0.1, 0.15) is 11.3 Å². The second kappa shape index (κ2) is 8.13. The van der Waals surface area contributed by atoms with Crippen molar-refractivity contribution in [1.82, 2.24) is 4.98 Å². The molecule has 1 aliphatic carbocycles. The van der Waals surface area contributed by atoms with E-state index in [1.807, 2.05) is 44.2 Å². The Bertz CT molecular complexity index is 885. The summed E-state index contributed by atoms with van der Waals surface area (Å²) in [6.07, 6.45) is 5.30. The van der Waals surface area contributed by atoms with Crippen molar-refractivity contribution in [3.05, 3.63) is 52.7 Å². The molecular weight excluding hydrogens is 352 g/mol. The Morgan fingerprint density at radius 1 is 1.07 bits per heavy atom. The van der Waals surface area contributed by atoms with Gasteiger partial charge in [-0.25, -0.2) is 4.98 Å². The van der Waals surface area contributed by atoms with E-state index in [1.165, 1.54) is 6.42 Å². The summed E-state index contributed by atoms with van der Waals surface area (Å²) in [5.74, 6) is 0.229. The number of amides is 1. The number of Topliss-reactive ketones (excluding diaryl/α,β-unsaturated/α-hetero) is 1. The number of benzene rings is 1. The quantitative estimate of drug-likeness (QED) is 0.777. The van der Waals surface area contributed by atoms with Gasteiger partial charge in [-0.2, -0.15) is 0 Å². The van der Waals surface area contributed by atoms with E-state index in [1.54, 1.807) is 14.0 Å². The maximum atomic E-state index is 12.9. The average molecular weight is 380 g/mol. The van der Waals surface area contributed by atoms with E-state index in [2.05, 4.69) is 10.3 Å². The van der Waals surface area contributed by atoms with Crippen LogP contribution >= 0.6 is 0 Å². The van der Waals surface area contributed by atoms with Gasteiger partial charge in [-0.3, -0.25) is 9.59 Å². The average Bonchev–Trinajstić information content (AvgIpc) is 2.91. The first-order valence-electron chi connectivity index (χ1n) is 9.82. The van der Waals surface area contributed by atoms with Gasteiger partial charge in [0.15, 0.2) is 0 Å². The molecule has 1 aromatic carbocycles. The summed E-state index contributed by atoms with van der Waals surface area (Å²) in [7, 11) is 1.54. The van der Waals surface area contributed by atoms with Crippen LogP contribution in [0.5, 0.6) is 5.88 Å². The zero-order chi connectivity index (χ0) is 20.3. The summed E-state index contributed by atoms with van der Waals surface area (Å²) in [6.45, 7) is 5.39. The van der Waals surface area contributed by atoms with Gasteiger partial charge in [-0.15, -0.1) is 0 Å². The number of hydrogen-bond acceptors (Lipinski definition) is 4. The summed E-state index contributed by atoms with van der Waals surface area (Å²) < 4.78 is 5.39. The number of aryl methyl sites for hydroxylation is 2. The van der Waals surface area contributed by atoms with Crippen LogP contribution in [0.4, 0.5) is 5.69 Å². The zero-order valence-corrected chi connectivity index (χ0v) is 17.1. The van der Waals surface area contributed by atoms with Gasteiger partial charge in [0.05, 0.1) is 7.11 Å². The molecule has 0 aliphatic heterocycles. The molecule has 1 aliphatic rings. The molecule has 5 nitrogen and oxygen atoms in total. The Morgan fingerprint density at radius 2 is 1.75 bits per heavy atom. The van der Waals surface area contributed by atoms with Crippen LogP contribution < -0.4 is 10.1 Å². The standard InChI is InChI=1S/C23H28N2O3/c1-15(26)23(2,3)17-10-12-18(13-11-17)24-21(27)19-14-16-8-6-5-7-9-20(16)25-22(19)28-4/h10-14H,5-9H2,1-4H3,(H,24,27). The van der Waals surface area contributed by atoms with Gasteiger partial charge in [-0.1, -0.05) is 18.6 Å². The lowest BCUT2D eigenvalue weighted by Gasteiger charge is -2.22. The number of ketones is 1. The normalized spacial score (nSPS) is 14.0. The van der Waals surface area contributed by atoms with Crippen molar-refractivity contribution in [2.24, 2.45) is 0 Å². The minimum Gasteiger partial charge on any atom is -0.480 e. The fourth-order valence-electron chi connectivity index (χ4n) is 3.48. The van der Waals surface area contributed by atoms with Crippen LogP contribution in [0.3, 0.4) is 0 Å². The van der Waals surface area contributed by atoms with Gasteiger partial charge in [0.25, 0.3) is 5.91 Å². The Hall–Kier alpha value is -2.69. The minimum absolute atomic E-state index is 0.102. The highest BCUT2D eigenvalue weighted by molar-refractivity contribution is 6.06. The van der Waals surface area contributed by atoms with E-state index in [-0.39, 0.29) is 11.7 Å². The molecule has 28 heavy (non-hydrogen) atoms. The van der Waals surface area contributed by atoms with Crippen LogP contribution in [0, 0.1) is 0 Å². The molecule has 1 amide bonds. The molecule has 1 heterocycles. The third-order valence-corrected chi connectivity index (χ3v) is 5.70. The molecule has 0 saturated carbocycles. The largest absolute Gasteiger partial charge is 0.480 e. The second-order valence-electron chi connectivity index (χ2n) is 7.92. The van der Waals surface area contributed by atoms with Gasteiger partial charge in [-0.05, 0) is 75.8 Å². The van der Waals surface area contributed by atoms with Gasteiger partial charge in [0, 0.05) is 16.8 Å². The summed E-state index contributed by atoms with van der Waals surface area (Å²) in [6, 6.07) is 9.32. The van der Waals surface area contributed by atoms with Crippen molar-refractivity contribution < 1.29 is 14.3 Å². The highest BCUT2D eigenvalue weighted by atomic mass is 16.5. The summed E-state index contributed by atoms with van der Waals surface area (Å²) in [5, 5.41) is 2.92. The number of hydrogen-bond donors (Lipinski definition) is 1. The number of carbonyl (C=O) groups is 2. The van der Waals surface area contributed by atoms with E-state index < -0.39 is 5.41 Å². The van der Waals surface area contributed by atoms with Crippen LogP contribution in [0.15, 0.2) is 30.3 Å². The van der Waals surface area contributed by atoms with E-state index in [0.29, 0.717) is 17.1 Å². The highest BCUT2D eigenvalue weighted by Crippen LogP contribution is 2.28. The predicted molar refractivity (Wildman–Crippen MR) is 110 cm³/mol. The highest BCUT2D eigenvalue weighted by Gasteiger charge is 2.26. The van der Waals surface area contributed by atoms with Gasteiger partial charge >= 0.3 is 0 Å². The molecule has 148 valence electrons. The van der Waals surface area contributed by atoms with E-state index in [4.69, 9.17) is 4.74 Å². The lowest BCUT2D eigenvalue weighted by molar-refractivity contribution is -0.121. The first-order valence-corrected chi connectivity index (χ1v) is 9.82. The number of carbonyl (C=O) groups excluding carboxylic acids is 2. The Labute approximate surface area is 166 Å². The summed E-state index contributed by atoms with van der Waals surface area (Å²) in [5.41, 5.74) is 3.68. The molecule has 0 atom stereocenters. The minimum atomic E-state index is -0.549. The van der Waals surface area contributed by atoms with Gasteiger partial charge in [0.2, 0.25) is 5.88 Å². The third-order valence-electron chi connectivity index (χ3n) is 5.70. The van der Waals surface area contributed by atoms with Crippen molar-refractivity contribution >= 4 is 17.4 Å². The van der Waals surface area contributed by atoms with Crippen molar-refractivity contribution in [2.75, 3.05) is 12.4 Å². The molecule has 1 N–H and O–H groups in total. The Morgan fingerprint density at radius 3 is 2.39 bits per heavy atom. The number of ether oxygens (including phenoxy) is 1. The predicted octanol–water partition coefficient (Wildman–Crippen LogP) is 4.48. The molecule has 0 saturated heterocycles. The monoisotopic (exact) mass is 380 g/mol. The number of anilines is 1. The smallest absolute Gasteiger partial charge is 0.261 e. The summed E-state index contributed by atoms with van der Waals surface area (Å²) in [4.78, 5) is 29.3. The molecule has 3 rings (SSSR count). The number of rotatable bonds is 5. The lowest BCUT2D eigenvalue weighted by atomic mass is 9.81. The Kier molecular flexibility index (Phi) is 5.82. The molecule has 0 bridgehead atoms. The van der Waals surface area contributed by atoms with Crippen molar-refractivity contribution in [3.8, 4) is 5.88 Å². The molecule has 0 unspecified atom stereocenters.